The summed E-state index contributed by atoms with van der Waals surface area (Å²) in [6.45, 7) is 11.9. The first-order chi connectivity index (χ1) is 11.2. The molecule has 0 aromatic carbocycles. The average molecular weight is 341 g/mol. The van der Waals surface area contributed by atoms with E-state index < -0.39 is 6.10 Å². The highest BCUT2D eigenvalue weighted by atomic mass is 16.5. The Morgan fingerprint density at radius 2 is 1.83 bits per heavy atom. The zero-order chi connectivity index (χ0) is 17.8. The summed E-state index contributed by atoms with van der Waals surface area (Å²) < 4.78 is 5.50. The van der Waals surface area contributed by atoms with Gasteiger partial charge in [-0.05, 0) is 31.6 Å². The molecule has 2 fully saturated rings. The Bertz CT molecular complexity index is 407. The van der Waals surface area contributed by atoms with Crippen LogP contribution < -0.4 is 5.32 Å². The van der Waals surface area contributed by atoms with Crippen molar-refractivity contribution in [3.8, 4) is 0 Å². The fraction of sp³-hybridized carbons (Fsp3) is 0.947. The zero-order valence-electron chi connectivity index (χ0n) is 15.9. The van der Waals surface area contributed by atoms with Crippen LogP contribution >= 0.6 is 0 Å². The molecule has 0 aromatic rings. The third kappa shape index (κ3) is 5.17. The van der Waals surface area contributed by atoms with Gasteiger partial charge in [0.15, 0.2) is 0 Å². The van der Waals surface area contributed by atoms with E-state index in [1.807, 2.05) is 0 Å². The van der Waals surface area contributed by atoms with Gasteiger partial charge in [-0.15, -0.1) is 0 Å². The molecule has 2 atom stereocenters. The molecular formula is C19H36N2O3. The van der Waals surface area contributed by atoms with Crippen molar-refractivity contribution >= 4 is 5.91 Å². The van der Waals surface area contributed by atoms with Crippen LogP contribution in [0, 0.1) is 5.41 Å². The van der Waals surface area contributed by atoms with Gasteiger partial charge in [-0.1, -0.05) is 33.6 Å². The topological polar surface area (TPSA) is 61.8 Å². The van der Waals surface area contributed by atoms with Crippen molar-refractivity contribution in [2.75, 3.05) is 26.3 Å². The van der Waals surface area contributed by atoms with E-state index in [-0.39, 0.29) is 29.3 Å². The monoisotopic (exact) mass is 340 g/mol. The van der Waals surface area contributed by atoms with Crippen molar-refractivity contribution < 1.29 is 14.6 Å². The molecule has 2 rings (SSSR count). The molecule has 1 heterocycles. The number of morpholine rings is 1. The van der Waals surface area contributed by atoms with E-state index in [0.29, 0.717) is 6.42 Å². The van der Waals surface area contributed by atoms with Crippen molar-refractivity contribution in [2.24, 2.45) is 5.41 Å². The maximum atomic E-state index is 12.4. The van der Waals surface area contributed by atoms with Crippen molar-refractivity contribution in [3.63, 3.8) is 0 Å². The second-order valence-electron chi connectivity index (χ2n) is 8.82. The molecule has 1 saturated heterocycles. The molecule has 1 saturated carbocycles. The Balaban J connectivity index is 1.93. The SMILES string of the molecule is C[C@@H](NC(=O)C[C@@H](O)CC(C)(C)C)C1(N2CCOCC2)CCCC1. The molecule has 2 N–H and O–H groups in total. The zero-order valence-corrected chi connectivity index (χ0v) is 15.9. The molecule has 140 valence electrons. The van der Waals surface area contributed by atoms with E-state index in [9.17, 15) is 9.90 Å². The van der Waals surface area contributed by atoms with Crippen molar-refractivity contribution in [3.05, 3.63) is 0 Å². The lowest BCUT2D eigenvalue weighted by Crippen LogP contribution is -2.62. The highest BCUT2D eigenvalue weighted by molar-refractivity contribution is 5.76. The van der Waals surface area contributed by atoms with E-state index in [1.165, 1.54) is 12.8 Å². The summed E-state index contributed by atoms with van der Waals surface area (Å²) >= 11 is 0. The molecule has 2 aliphatic rings. The third-order valence-electron chi connectivity index (χ3n) is 5.56. The molecule has 24 heavy (non-hydrogen) atoms. The first kappa shape index (κ1) is 19.7. The summed E-state index contributed by atoms with van der Waals surface area (Å²) in [7, 11) is 0. The number of rotatable bonds is 6. The van der Waals surface area contributed by atoms with Crippen LogP contribution in [0.25, 0.3) is 0 Å². The third-order valence-corrected chi connectivity index (χ3v) is 5.56. The second-order valence-corrected chi connectivity index (χ2v) is 8.82. The lowest BCUT2D eigenvalue weighted by Gasteiger charge is -2.47. The standard InChI is InChI=1S/C19H36N2O3/c1-15(20-17(23)13-16(22)14-18(2,3)4)19(7-5-6-8-19)21-9-11-24-12-10-21/h15-16,22H,5-14H2,1-4H3,(H,20,23)/t15-,16-/m1/s1. The maximum absolute atomic E-state index is 12.4. The van der Waals surface area contributed by atoms with Crippen molar-refractivity contribution in [2.45, 2.75) is 83.9 Å². The molecule has 1 aliphatic carbocycles. The molecule has 1 aliphatic heterocycles. The maximum Gasteiger partial charge on any atom is 0.222 e. The first-order valence-electron chi connectivity index (χ1n) is 9.53. The number of hydrogen-bond donors (Lipinski definition) is 2. The second kappa shape index (κ2) is 8.15. The van der Waals surface area contributed by atoms with Crippen molar-refractivity contribution in [1.29, 1.82) is 0 Å². The quantitative estimate of drug-likeness (QED) is 0.779. The number of aliphatic hydroxyl groups excluding tert-OH is 1. The van der Waals surface area contributed by atoms with Crippen molar-refractivity contribution in [1.82, 2.24) is 10.2 Å². The van der Waals surface area contributed by atoms with E-state index in [4.69, 9.17) is 4.74 Å². The summed E-state index contributed by atoms with van der Waals surface area (Å²) in [5, 5.41) is 13.4. The van der Waals surface area contributed by atoms with Gasteiger partial charge in [-0.25, -0.2) is 0 Å². The Morgan fingerprint density at radius 3 is 2.38 bits per heavy atom. The lowest BCUT2D eigenvalue weighted by molar-refractivity contribution is -0.125. The van der Waals surface area contributed by atoms with Gasteiger partial charge in [0.25, 0.3) is 0 Å². The van der Waals surface area contributed by atoms with Crippen LogP contribution in [-0.4, -0.2) is 59.9 Å². The number of carbonyl (C=O) groups excluding carboxylic acids is 1. The summed E-state index contributed by atoms with van der Waals surface area (Å²) in [6, 6.07) is 0.104. The fourth-order valence-corrected chi connectivity index (χ4v) is 4.45. The fourth-order valence-electron chi connectivity index (χ4n) is 4.45. The van der Waals surface area contributed by atoms with Gasteiger partial charge in [-0.2, -0.15) is 0 Å². The highest BCUT2D eigenvalue weighted by Crippen LogP contribution is 2.38. The Hall–Kier alpha value is -0.650. The number of ether oxygens (including phenoxy) is 1. The number of nitrogens with zero attached hydrogens (tertiary/aromatic N) is 1. The van der Waals surface area contributed by atoms with Crippen LogP contribution in [0.4, 0.5) is 0 Å². The Kier molecular flexibility index (Phi) is 6.68. The molecule has 0 radical (unpaired) electrons. The van der Waals surface area contributed by atoms with Gasteiger partial charge >= 0.3 is 0 Å². The smallest absolute Gasteiger partial charge is 0.222 e. The number of aliphatic hydroxyl groups is 1. The molecule has 0 spiro atoms. The Morgan fingerprint density at radius 1 is 1.25 bits per heavy atom. The molecule has 5 heteroatoms. The van der Waals surface area contributed by atoms with Gasteiger partial charge in [0.05, 0.1) is 25.7 Å². The number of nitrogens with one attached hydrogen (secondary N) is 1. The minimum atomic E-state index is -0.569. The first-order valence-corrected chi connectivity index (χ1v) is 9.53. The van der Waals surface area contributed by atoms with E-state index >= 15 is 0 Å². The average Bonchev–Trinajstić information content (AvgIpc) is 2.96. The summed E-state index contributed by atoms with van der Waals surface area (Å²) in [6.07, 6.45) is 5.00. The summed E-state index contributed by atoms with van der Waals surface area (Å²) in [4.78, 5) is 14.9. The van der Waals surface area contributed by atoms with Crippen LogP contribution in [0.3, 0.4) is 0 Å². The van der Waals surface area contributed by atoms with Gasteiger partial charge < -0.3 is 15.2 Å². The summed E-state index contributed by atoms with van der Waals surface area (Å²) in [5.74, 6) is -0.0289. The predicted molar refractivity (Wildman–Crippen MR) is 95.9 cm³/mol. The van der Waals surface area contributed by atoms with E-state index in [0.717, 1.165) is 39.1 Å². The van der Waals surface area contributed by atoms with Crippen LogP contribution in [0.2, 0.25) is 0 Å². The van der Waals surface area contributed by atoms with Crippen LogP contribution in [-0.2, 0) is 9.53 Å². The van der Waals surface area contributed by atoms with Crippen LogP contribution in [0.15, 0.2) is 0 Å². The Labute approximate surface area is 147 Å². The number of carbonyl (C=O) groups is 1. The van der Waals surface area contributed by atoms with E-state index in [1.54, 1.807) is 0 Å². The van der Waals surface area contributed by atoms with Crippen LogP contribution in [0.1, 0.15) is 66.2 Å². The molecule has 0 aromatic heterocycles. The molecule has 1 amide bonds. The minimum absolute atomic E-state index is 0.0289. The normalized spacial score (nSPS) is 24.5. The largest absolute Gasteiger partial charge is 0.393 e. The summed E-state index contributed by atoms with van der Waals surface area (Å²) in [5.41, 5.74) is 0.0974. The lowest BCUT2D eigenvalue weighted by atomic mass is 9.86. The van der Waals surface area contributed by atoms with Crippen LogP contribution in [0.5, 0.6) is 0 Å². The highest BCUT2D eigenvalue weighted by Gasteiger charge is 2.45. The molecular weight excluding hydrogens is 304 g/mol. The van der Waals surface area contributed by atoms with Gasteiger partial charge in [0.2, 0.25) is 5.91 Å². The minimum Gasteiger partial charge on any atom is -0.393 e. The number of hydrogen-bond acceptors (Lipinski definition) is 4. The van der Waals surface area contributed by atoms with Gasteiger partial charge in [0, 0.05) is 24.7 Å². The molecule has 0 unspecified atom stereocenters. The molecule has 5 nitrogen and oxygen atoms in total. The predicted octanol–water partition coefficient (Wildman–Crippen LogP) is 2.32. The van der Waals surface area contributed by atoms with Gasteiger partial charge in [-0.3, -0.25) is 9.69 Å². The number of amides is 1. The van der Waals surface area contributed by atoms with Gasteiger partial charge in [0.1, 0.15) is 0 Å². The molecule has 0 bridgehead atoms. The van der Waals surface area contributed by atoms with E-state index in [2.05, 4.69) is 37.9 Å².